The molecule has 2 N–H and O–H groups in total. The molecule has 0 aliphatic carbocycles. The summed E-state index contributed by atoms with van der Waals surface area (Å²) >= 11 is 5.76. The van der Waals surface area contributed by atoms with Crippen molar-refractivity contribution in [1.82, 2.24) is 20.5 Å². The predicted molar refractivity (Wildman–Crippen MR) is 106 cm³/mol. The number of H-pyrrole nitrogens is 1. The van der Waals surface area contributed by atoms with Crippen molar-refractivity contribution < 1.29 is 9.18 Å². The highest BCUT2D eigenvalue weighted by Crippen LogP contribution is 2.24. The Morgan fingerprint density at radius 2 is 2.07 bits per heavy atom. The van der Waals surface area contributed by atoms with Crippen LogP contribution in [0.15, 0.2) is 48.8 Å². The van der Waals surface area contributed by atoms with E-state index in [-0.39, 0.29) is 17.0 Å². The van der Waals surface area contributed by atoms with Crippen LogP contribution in [0.25, 0.3) is 11.3 Å². The third-order valence-electron chi connectivity index (χ3n) is 4.87. The summed E-state index contributed by atoms with van der Waals surface area (Å²) in [7, 11) is 0. The van der Waals surface area contributed by atoms with E-state index in [1.807, 2.05) is 18.2 Å². The van der Waals surface area contributed by atoms with Crippen molar-refractivity contribution in [2.24, 2.45) is 0 Å². The predicted octanol–water partition coefficient (Wildman–Crippen LogP) is 3.66. The summed E-state index contributed by atoms with van der Waals surface area (Å²) in [6.07, 6.45) is 5.13. The Bertz CT molecular complexity index is 970. The molecule has 3 aromatic rings. The number of carbonyl (C=O) groups is 1. The van der Waals surface area contributed by atoms with Crippen molar-refractivity contribution in [3.05, 3.63) is 65.2 Å². The Morgan fingerprint density at radius 1 is 1.25 bits per heavy atom. The largest absolute Gasteiger partial charge is 0.355 e. The Labute approximate surface area is 166 Å². The van der Waals surface area contributed by atoms with Crippen LogP contribution in [-0.4, -0.2) is 40.2 Å². The average molecular weight is 400 g/mol. The molecule has 6 nitrogen and oxygen atoms in total. The summed E-state index contributed by atoms with van der Waals surface area (Å²) < 4.78 is 13.3. The van der Waals surface area contributed by atoms with E-state index in [0.717, 1.165) is 43.0 Å². The zero-order chi connectivity index (χ0) is 19.5. The number of pyridine rings is 1. The van der Waals surface area contributed by atoms with E-state index in [9.17, 15) is 9.18 Å². The van der Waals surface area contributed by atoms with Gasteiger partial charge in [0.25, 0.3) is 5.91 Å². The third-order valence-corrected chi connectivity index (χ3v) is 5.16. The number of hydrogen-bond donors (Lipinski definition) is 2. The van der Waals surface area contributed by atoms with Crippen LogP contribution in [0, 0.1) is 5.82 Å². The van der Waals surface area contributed by atoms with E-state index in [0.29, 0.717) is 5.56 Å². The van der Waals surface area contributed by atoms with E-state index >= 15 is 0 Å². The monoisotopic (exact) mass is 399 g/mol. The number of aromatic amines is 1. The molecular formula is C20H19ClFN5O. The normalized spacial score (nSPS) is 14.9. The Hall–Kier alpha value is -2.93. The van der Waals surface area contributed by atoms with Crippen molar-refractivity contribution in [3.63, 3.8) is 0 Å². The van der Waals surface area contributed by atoms with Gasteiger partial charge in [0.1, 0.15) is 5.82 Å². The third kappa shape index (κ3) is 3.99. The Morgan fingerprint density at radius 3 is 2.79 bits per heavy atom. The lowest BCUT2D eigenvalue weighted by Gasteiger charge is -2.32. The van der Waals surface area contributed by atoms with E-state index < -0.39 is 5.82 Å². The van der Waals surface area contributed by atoms with Crippen molar-refractivity contribution >= 4 is 23.3 Å². The number of anilines is 1. The SMILES string of the molecule is O=C(NC1CCN(c2cc(-c3cccnc3)[nH]n2)CC1)c1ccc(F)c(Cl)c1. The molecule has 3 heterocycles. The molecule has 0 saturated carbocycles. The van der Waals surface area contributed by atoms with Gasteiger partial charge in [0, 0.05) is 48.7 Å². The van der Waals surface area contributed by atoms with Gasteiger partial charge in [-0.25, -0.2) is 4.39 Å². The molecule has 1 aliphatic rings. The molecule has 1 aromatic carbocycles. The molecule has 1 amide bonds. The summed E-state index contributed by atoms with van der Waals surface area (Å²) in [6.45, 7) is 1.57. The lowest BCUT2D eigenvalue weighted by atomic mass is 10.0. The van der Waals surface area contributed by atoms with Gasteiger partial charge in [-0.05, 0) is 43.2 Å². The van der Waals surface area contributed by atoms with Crippen molar-refractivity contribution in [3.8, 4) is 11.3 Å². The molecular weight excluding hydrogens is 381 g/mol. The van der Waals surface area contributed by atoms with Crippen LogP contribution in [0.2, 0.25) is 5.02 Å². The first-order chi connectivity index (χ1) is 13.6. The molecule has 8 heteroatoms. The maximum atomic E-state index is 13.3. The standard InChI is InChI=1S/C20H19ClFN5O/c21-16-10-13(3-4-17(16)22)20(28)24-15-5-8-27(9-6-15)19-11-18(25-26-19)14-2-1-7-23-12-14/h1-4,7,10-12,15H,5-6,8-9H2,(H,24,28)(H,25,26). The van der Waals surface area contributed by atoms with Gasteiger partial charge in [-0.1, -0.05) is 11.6 Å². The fourth-order valence-corrected chi connectivity index (χ4v) is 3.48. The average Bonchev–Trinajstić information content (AvgIpc) is 3.21. The number of rotatable bonds is 4. The molecule has 0 unspecified atom stereocenters. The van der Waals surface area contributed by atoms with Crippen LogP contribution < -0.4 is 10.2 Å². The van der Waals surface area contributed by atoms with Crippen LogP contribution >= 0.6 is 11.6 Å². The topological polar surface area (TPSA) is 73.9 Å². The molecule has 2 aromatic heterocycles. The lowest BCUT2D eigenvalue weighted by molar-refractivity contribution is 0.0931. The van der Waals surface area contributed by atoms with Gasteiger partial charge in [0.15, 0.2) is 5.82 Å². The highest BCUT2D eigenvalue weighted by Gasteiger charge is 2.23. The van der Waals surface area contributed by atoms with Gasteiger partial charge in [-0.2, -0.15) is 5.10 Å². The number of piperidine rings is 1. The van der Waals surface area contributed by atoms with Gasteiger partial charge >= 0.3 is 0 Å². The molecule has 0 radical (unpaired) electrons. The summed E-state index contributed by atoms with van der Waals surface area (Å²) in [6, 6.07) is 9.93. The van der Waals surface area contributed by atoms with E-state index in [1.165, 1.54) is 18.2 Å². The minimum absolute atomic E-state index is 0.0505. The van der Waals surface area contributed by atoms with Gasteiger partial charge in [-0.3, -0.25) is 14.9 Å². The summed E-state index contributed by atoms with van der Waals surface area (Å²) in [5, 5.41) is 10.4. The second-order valence-electron chi connectivity index (χ2n) is 6.75. The summed E-state index contributed by atoms with van der Waals surface area (Å²) in [5.41, 5.74) is 2.27. The second-order valence-corrected chi connectivity index (χ2v) is 7.15. The highest BCUT2D eigenvalue weighted by atomic mass is 35.5. The van der Waals surface area contributed by atoms with Crippen molar-refractivity contribution in [2.75, 3.05) is 18.0 Å². The first-order valence-corrected chi connectivity index (χ1v) is 9.44. The number of amides is 1. The van der Waals surface area contributed by atoms with E-state index in [1.54, 1.807) is 12.4 Å². The molecule has 4 rings (SSSR count). The number of benzene rings is 1. The number of nitrogens with zero attached hydrogens (tertiary/aromatic N) is 3. The maximum Gasteiger partial charge on any atom is 0.251 e. The molecule has 0 bridgehead atoms. The van der Waals surface area contributed by atoms with Gasteiger partial charge < -0.3 is 10.2 Å². The Balaban J connectivity index is 1.34. The quantitative estimate of drug-likeness (QED) is 0.702. The second kappa shape index (κ2) is 7.98. The zero-order valence-electron chi connectivity index (χ0n) is 15.0. The van der Waals surface area contributed by atoms with Crippen LogP contribution in [0.3, 0.4) is 0 Å². The van der Waals surface area contributed by atoms with E-state index in [2.05, 4.69) is 25.4 Å². The number of aromatic nitrogens is 3. The Kier molecular flexibility index (Phi) is 5.25. The number of halogens is 2. The molecule has 0 atom stereocenters. The van der Waals surface area contributed by atoms with Gasteiger partial charge in [0.2, 0.25) is 0 Å². The number of nitrogens with one attached hydrogen (secondary N) is 2. The first-order valence-electron chi connectivity index (χ1n) is 9.07. The maximum absolute atomic E-state index is 13.3. The molecule has 1 aliphatic heterocycles. The zero-order valence-corrected chi connectivity index (χ0v) is 15.8. The minimum atomic E-state index is -0.531. The van der Waals surface area contributed by atoms with Gasteiger partial charge in [-0.15, -0.1) is 0 Å². The van der Waals surface area contributed by atoms with Crippen LogP contribution in [-0.2, 0) is 0 Å². The molecule has 1 fully saturated rings. The fraction of sp³-hybridized carbons (Fsp3) is 0.250. The fourth-order valence-electron chi connectivity index (χ4n) is 3.30. The number of carbonyl (C=O) groups excluding carboxylic acids is 1. The smallest absolute Gasteiger partial charge is 0.251 e. The number of hydrogen-bond acceptors (Lipinski definition) is 4. The summed E-state index contributed by atoms with van der Waals surface area (Å²) in [5.74, 6) is 0.115. The highest BCUT2D eigenvalue weighted by molar-refractivity contribution is 6.31. The molecule has 1 saturated heterocycles. The minimum Gasteiger partial charge on any atom is -0.355 e. The lowest BCUT2D eigenvalue weighted by Crippen LogP contribution is -2.44. The molecule has 144 valence electrons. The van der Waals surface area contributed by atoms with Gasteiger partial charge in [0.05, 0.1) is 10.7 Å². The van der Waals surface area contributed by atoms with Crippen LogP contribution in [0.5, 0.6) is 0 Å². The van der Waals surface area contributed by atoms with Crippen LogP contribution in [0.4, 0.5) is 10.2 Å². The van der Waals surface area contributed by atoms with Crippen molar-refractivity contribution in [2.45, 2.75) is 18.9 Å². The first kappa shape index (κ1) is 18.4. The molecule has 0 spiro atoms. The van der Waals surface area contributed by atoms with Crippen molar-refractivity contribution in [1.29, 1.82) is 0 Å². The summed E-state index contributed by atoms with van der Waals surface area (Å²) in [4.78, 5) is 18.7. The van der Waals surface area contributed by atoms with E-state index in [4.69, 9.17) is 11.6 Å². The van der Waals surface area contributed by atoms with Crippen LogP contribution in [0.1, 0.15) is 23.2 Å². The molecule has 28 heavy (non-hydrogen) atoms.